The summed E-state index contributed by atoms with van der Waals surface area (Å²) in [5.41, 5.74) is 2.64. The molecule has 1 aliphatic heterocycles. The van der Waals surface area contributed by atoms with Gasteiger partial charge in [0, 0.05) is 30.3 Å². The lowest BCUT2D eigenvalue weighted by molar-refractivity contribution is 0.0917. The zero-order chi connectivity index (χ0) is 26.7. The molecule has 38 heavy (non-hydrogen) atoms. The first-order valence-electron chi connectivity index (χ1n) is 12.9. The molecule has 198 valence electrons. The van der Waals surface area contributed by atoms with Gasteiger partial charge in [0.05, 0.1) is 24.7 Å². The average molecular weight is 515 g/mol. The Morgan fingerprint density at radius 1 is 1.05 bits per heavy atom. The molecule has 1 saturated heterocycles. The zero-order valence-electron chi connectivity index (χ0n) is 22.2. The van der Waals surface area contributed by atoms with Crippen LogP contribution < -0.4 is 14.8 Å². The molecule has 1 atom stereocenters. The van der Waals surface area contributed by atoms with Gasteiger partial charge < -0.3 is 19.5 Å². The van der Waals surface area contributed by atoms with Crippen molar-refractivity contribution in [2.75, 3.05) is 45.3 Å². The summed E-state index contributed by atoms with van der Waals surface area (Å²) in [7, 11) is 1.62. The molecule has 0 unspecified atom stereocenters. The number of ether oxygens (including phenoxy) is 3. The van der Waals surface area contributed by atoms with Crippen molar-refractivity contribution in [1.82, 2.24) is 14.9 Å². The van der Waals surface area contributed by atoms with Gasteiger partial charge in [-0.05, 0) is 76.2 Å². The summed E-state index contributed by atoms with van der Waals surface area (Å²) in [5, 5.41) is 2.78. The number of likely N-dealkylation sites (tertiary alicyclic amines) is 1. The summed E-state index contributed by atoms with van der Waals surface area (Å²) in [6, 6.07) is 13.0. The van der Waals surface area contributed by atoms with E-state index in [-0.39, 0.29) is 12.0 Å². The van der Waals surface area contributed by atoms with E-state index in [0.29, 0.717) is 35.9 Å². The molecule has 8 nitrogen and oxygen atoms in total. The Labute approximate surface area is 224 Å². The standard InChI is InChI=1S/C30H34N4O4/c1-22-19-32-29(20-31-22)33-30(35)26-15-25(17-28(18-26)38-23(2)21-36-3)10-9-24-7-6-8-27(16-24)37-14-13-34-11-4-5-12-34/h6-8,15-20,23H,4-5,11-14,21H2,1-3H3,(H,32,33,35)/t23-/m0/s1. The number of carbonyl (C=O) groups excluding carboxylic acids is 1. The number of aryl methyl sites for hydroxylation is 1. The molecule has 0 radical (unpaired) electrons. The molecule has 1 aliphatic rings. The van der Waals surface area contributed by atoms with E-state index >= 15 is 0 Å². The van der Waals surface area contributed by atoms with Gasteiger partial charge in [-0.15, -0.1) is 0 Å². The van der Waals surface area contributed by atoms with Crippen LogP contribution in [0.25, 0.3) is 0 Å². The van der Waals surface area contributed by atoms with E-state index in [1.165, 1.54) is 19.0 Å². The molecular weight excluding hydrogens is 480 g/mol. The average Bonchev–Trinajstić information content (AvgIpc) is 3.43. The molecule has 2 aromatic carbocycles. The van der Waals surface area contributed by atoms with Crippen molar-refractivity contribution in [1.29, 1.82) is 0 Å². The number of amides is 1. The van der Waals surface area contributed by atoms with Gasteiger partial charge in [0.25, 0.3) is 5.91 Å². The number of anilines is 1. The van der Waals surface area contributed by atoms with Crippen LogP contribution in [0, 0.1) is 18.8 Å². The Morgan fingerprint density at radius 2 is 1.84 bits per heavy atom. The van der Waals surface area contributed by atoms with Crippen molar-refractivity contribution < 1.29 is 19.0 Å². The van der Waals surface area contributed by atoms with Gasteiger partial charge in [0.2, 0.25) is 0 Å². The largest absolute Gasteiger partial charge is 0.492 e. The Kier molecular flexibility index (Phi) is 9.68. The first kappa shape index (κ1) is 27.1. The lowest BCUT2D eigenvalue weighted by Gasteiger charge is -2.15. The SMILES string of the molecule is COC[C@H](C)Oc1cc(C#Cc2cccc(OCCN3CCCC3)c2)cc(C(=O)Nc2cnc(C)cn2)c1. The summed E-state index contributed by atoms with van der Waals surface area (Å²) < 4.78 is 17.1. The number of methoxy groups -OCH3 is 1. The summed E-state index contributed by atoms with van der Waals surface area (Å²) in [4.78, 5) is 23.8. The Morgan fingerprint density at radius 3 is 2.61 bits per heavy atom. The number of rotatable bonds is 10. The van der Waals surface area contributed by atoms with E-state index in [1.54, 1.807) is 25.4 Å². The maximum Gasteiger partial charge on any atom is 0.257 e. The molecule has 1 N–H and O–H groups in total. The summed E-state index contributed by atoms with van der Waals surface area (Å²) >= 11 is 0. The first-order valence-corrected chi connectivity index (χ1v) is 12.9. The summed E-state index contributed by atoms with van der Waals surface area (Å²) in [5.74, 6) is 7.71. The van der Waals surface area contributed by atoms with Gasteiger partial charge in [-0.2, -0.15) is 0 Å². The van der Waals surface area contributed by atoms with Crippen molar-refractivity contribution in [2.24, 2.45) is 0 Å². The highest BCUT2D eigenvalue weighted by molar-refractivity contribution is 6.04. The third-order valence-electron chi connectivity index (χ3n) is 5.99. The number of carbonyl (C=O) groups is 1. The molecule has 0 spiro atoms. The smallest absolute Gasteiger partial charge is 0.257 e. The molecule has 4 rings (SSSR count). The second kappa shape index (κ2) is 13.6. The van der Waals surface area contributed by atoms with Crippen LogP contribution in [0.4, 0.5) is 5.82 Å². The van der Waals surface area contributed by atoms with Crippen molar-refractivity contribution >= 4 is 11.7 Å². The molecule has 3 aromatic rings. The molecular formula is C30H34N4O4. The second-order valence-electron chi connectivity index (χ2n) is 9.30. The highest BCUT2D eigenvalue weighted by atomic mass is 16.5. The molecule has 0 bridgehead atoms. The van der Waals surface area contributed by atoms with Crippen LogP contribution in [-0.2, 0) is 4.74 Å². The van der Waals surface area contributed by atoms with Gasteiger partial charge >= 0.3 is 0 Å². The number of aromatic nitrogens is 2. The fourth-order valence-corrected chi connectivity index (χ4v) is 4.12. The number of hydrogen-bond donors (Lipinski definition) is 1. The summed E-state index contributed by atoms with van der Waals surface area (Å²) in [6.07, 6.45) is 5.46. The van der Waals surface area contributed by atoms with E-state index < -0.39 is 0 Å². The lowest BCUT2D eigenvalue weighted by atomic mass is 10.1. The van der Waals surface area contributed by atoms with Gasteiger partial charge in [-0.25, -0.2) is 4.98 Å². The highest BCUT2D eigenvalue weighted by Crippen LogP contribution is 2.20. The normalized spacial score (nSPS) is 13.9. The molecule has 0 aliphatic carbocycles. The monoisotopic (exact) mass is 514 g/mol. The van der Waals surface area contributed by atoms with Gasteiger partial charge in [-0.3, -0.25) is 14.7 Å². The number of benzene rings is 2. The third-order valence-corrected chi connectivity index (χ3v) is 5.99. The molecule has 0 saturated carbocycles. The minimum Gasteiger partial charge on any atom is -0.492 e. The summed E-state index contributed by atoms with van der Waals surface area (Å²) in [6.45, 7) is 8.05. The quantitative estimate of drug-likeness (QED) is 0.403. The third kappa shape index (κ3) is 8.30. The van der Waals surface area contributed by atoms with Crippen LogP contribution >= 0.6 is 0 Å². The number of nitrogens with zero attached hydrogens (tertiary/aromatic N) is 3. The first-order chi connectivity index (χ1) is 18.5. The molecule has 8 heteroatoms. The fourth-order valence-electron chi connectivity index (χ4n) is 4.12. The second-order valence-corrected chi connectivity index (χ2v) is 9.30. The van der Waals surface area contributed by atoms with Crippen molar-refractivity contribution in [3.05, 3.63) is 77.2 Å². The lowest BCUT2D eigenvalue weighted by Crippen LogP contribution is -2.25. The predicted octanol–water partition coefficient (Wildman–Crippen LogP) is 4.33. The Balaban J connectivity index is 1.50. The van der Waals surface area contributed by atoms with Crippen LogP contribution in [0.3, 0.4) is 0 Å². The number of hydrogen-bond acceptors (Lipinski definition) is 7. The van der Waals surface area contributed by atoms with Crippen molar-refractivity contribution in [2.45, 2.75) is 32.8 Å². The van der Waals surface area contributed by atoms with E-state index in [2.05, 4.69) is 32.0 Å². The van der Waals surface area contributed by atoms with E-state index in [4.69, 9.17) is 14.2 Å². The van der Waals surface area contributed by atoms with Gasteiger partial charge in [0.1, 0.15) is 24.2 Å². The minimum atomic E-state index is -0.329. The van der Waals surface area contributed by atoms with Crippen LogP contribution in [0.15, 0.2) is 54.9 Å². The van der Waals surface area contributed by atoms with Crippen LogP contribution in [0.2, 0.25) is 0 Å². The van der Waals surface area contributed by atoms with E-state index in [9.17, 15) is 4.79 Å². The van der Waals surface area contributed by atoms with Crippen molar-refractivity contribution in [3.8, 4) is 23.3 Å². The fraction of sp³-hybridized carbons (Fsp3) is 0.367. The number of nitrogens with one attached hydrogen (secondary N) is 1. The van der Waals surface area contributed by atoms with Gasteiger partial charge in [0.15, 0.2) is 5.82 Å². The van der Waals surface area contributed by atoms with Crippen LogP contribution in [0.5, 0.6) is 11.5 Å². The highest BCUT2D eigenvalue weighted by Gasteiger charge is 2.13. The van der Waals surface area contributed by atoms with Crippen molar-refractivity contribution in [3.63, 3.8) is 0 Å². The maximum atomic E-state index is 13.0. The predicted molar refractivity (Wildman–Crippen MR) is 147 cm³/mol. The molecule has 1 fully saturated rings. The Bertz CT molecular complexity index is 1280. The Hall–Kier alpha value is -3.93. The molecule has 1 aromatic heterocycles. The topological polar surface area (TPSA) is 85.8 Å². The maximum absolute atomic E-state index is 13.0. The van der Waals surface area contributed by atoms with E-state index in [1.807, 2.05) is 44.2 Å². The molecule has 2 heterocycles. The van der Waals surface area contributed by atoms with Crippen LogP contribution in [-0.4, -0.2) is 66.8 Å². The van der Waals surface area contributed by atoms with Crippen LogP contribution in [0.1, 0.15) is 46.9 Å². The molecule has 1 amide bonds. The van der Waals surface area contributed by atoms with Gasteiger partial charge in [-0.1, -0.05) is 17.9 Å². The zero-order valence-corrected chi connectivity index (χ0v) is 22.2. The minimum absolute atomic E-state index is 0.198. The van der Waals surface area contributed by atoms with E-state index in [0.717, 1.165) is 36.6 Å².